The van der Waals surface area contributed by atoms with Crippen molar-refractivity contribution < 1.29 is 46.0 Å². The quantitative estimate of drug-likeness (QED) is 0.331. The monoisotopic (exact) mass is 781 g/mol. The maximum absolute atomic E-state index is 14.5. The van der Waals surface area contributed by atoms with Crippen LogP contribution < -0.4 is 15.4 Å². The van der Waals surface area contributed by atoms with Gasteiger partial charge in [0.05, 0.1) is 24.3 Å². The Balaban J connectivity index is 1.24. The van der Waals surface area contributed by atoms with Gasteiger partial charge in [0.1, 0.15) is 29.4 Å². The fourth-order valence-corrected chi connectivity index (χ4v) is 8.86. The van der Waals surface area contributed by atoms with Crippen molar-refractivity contribution in [2.45, 2.75) is 95.2 Å². The highest BCUT2D eigenvalue weighted by molar-refractivity contribution is 7.91. The Morgan fingerprint density at radius 3 is 2.44 bits per heavy atom. The first kappa shape index (κ1) is 38.4. The summed E-state index contributed by atoms with van der Waals surface area (Å²) in [7, 11) is -4.13. The van der Waals surface area contributed by atoms with Gasteiger partial charge in [-0.2, -0.15) is 0 Å². The molecular weight excluding hydrogens is 737 g/mol. The van der Waals surface area contributed by atoms with Gasteiger partial charge in [0, 0.05) is 17.5 Å². The number of hydrogen-bond donors (Lipinski definition) is 3. The molecule has 3 aliphatic carbocycles. The summed E-state index contributed by atoms with van der Waals surface area (Å²) in [6.45, 7) is 6.99. The molecule has 1 saturated heterocycles. The maximum atomic E-state index is 14.5. The van der Waals surface area contributed by atoms with Crippen molar-refractivity contribution >= 4 is 45.6 Å². The van der Waals surface area contributed by atoms with Gasteiger partial charge < -0.3 is 25.1 Å². The largest absolute Gasteiger partial charge is 0.449 e. The number of halogens is 2. The van der Waals surface area contributed by atoms with Crippen LogP contribution in [0.4, 0.5) is 13.6 Å². The Morgan fingerprint density at radius 1 is 1.05 bits per heavy atom. The number of cyclic esters (lactones) is 1. The number of allylic oxidation sites excluding steroid dienone is 1. The van der Waals surface area contributed by atoms with E-state index in [1.165, 1.54) is 4.90 Å². The van der Waals surface area contributed by atoms with Crippen molar-refractivity contribution in [3.8, 4) is 11.1 Å². The number of benzene rings is 2. The summed E-state index contributed by atoms with van der Waals surface area (Å²) in [5.41, 5.74) is 1.91. The van der Waals surface area contributed by atoms with Gasteiger partial charge in [-0.3, -0.25) is 19.1 Å². The Labute approximate surface area is 318 Å². The van der Waals surface area contributed by atoms with Gasteiger partial charge in [-0.1, -0.05) is 81.4 Å². The predicted octanol–water partition coefficient (Wildman–Crippen LogP) is 4.35. The van der Waals surface area contributed by atoms with E-state index in [9.17, 15) is 36.4 Å². The summed E-state index contributed by atoms with van der Waals surface area (Å²) in [6, 6.07) is 11.1. The number of alkyl carbamates (subject to hydrolysis) is 1. The van der Waals surface area contributed by atoms with Crippen molar-refractivity contribution in [2.75, 3.05) is 13.2 Å². The van der Waals surface area contributed by atoms with Crippen LogP contribution in [-0.4, -0.2) is 91.4 Å². The molecule has 13 nitrogen and oxygen atoms in total. The third-order valence-corrected chi connectivity index (χ3v) is 12.7. The van der Waals surface area contributed by atoms with E-state index >= 15 is 0 Å². The smallest absolute Gasteiger partial charge is 0.407 e. The molecule has 16 heteroatoms. The number of carbonyl (C=O) groups excluding carboxylic acids is 4. The van der Waals surface area contributed by atoms with Gasteiger partial charge >= 0.3 is 6.09 Å². The van der Waals surface area contributed by atoms with Crippen molar-refractivity contribution in [3.05, 3.63) is 65.2 Å². The molecule has 4 bridgehead atoms. The highest BCUT2D eigenvalue weighted by Crippen LogP contribution is 2.48. The fourth-order valence-electron chi connectivity index (χ4n) is 7.49. The Bertz CT molecular complexity index is 2080. The molecule has 2 aromatic rings. The first-order valence-corrected chi connectivity index (χ1v) is 20.1. The number of nitrogens with one attached hydrogen (secondary N) is 3. The number of amides is 4. The third kappa shape index (κ3) is 7.69. The summed E-state index contributed by atoms with van der Waals surface area (Å²) in [6.07, 6.45) is -0.174. The van der Waals surface area contributed by atoms with Gasteiger partial charge in [-0.15, -0.1) is 0 Å². The van der Waals surface area contributed by atoms with Crippen LogP contribution in [0.3, 0.4) is 0 Å². The Kier molecular flexibility index (Phi) is 10.0. The number of carbonyl (C=O) groups is 4. The van der Waals surface area contributed by atoms with Crippen LogP contribution in [0.5, 0.6) is 0 Å². The summed E-state index contributed by atoms with van der Waals surface area (Å²) in [5.74, 6) is -4.58. The SMILES string of the molecule is C[C@@H]1C/C=C/c2ccc3c(c2)/C(=N/O[C@@H]2C[C@@H](C(=O)N[C@@]4(C(=O)NS(=O)(=O)C5CC5)C[C@H]4C(F)F)N(C2)C(=O)[C@H](C(C)(C)C)NC(=O)OC1)c1ccccc1-3. The lowest BCUT2D eigenvalue weighted by Gasteiger charge is -2.35. The van der Waals surface area contributed by atoms with Crippen molar-refractivity contribution in [2.24, 2.45) is 22.4 Å². The van der Waals surface area contributed by atoms with Crippen molar-refractivity contribution in [1.82, 2.24) is 20.3 Å². The zero-order valence-electron chi connectivity index (χ0n) is 31.0. The lowest BCUT2D eigenvalue weighted by atomic mass is 9.85. The first-order chi connectivity index (χ1) is 26.0. The highest BCUT2D eigenvalue weighted by Gasteiger charge is 2.67. The normalized spacial score (nSPS) is 29.6. The van der Waals surface area contributed by atoms with Crippen molar-refractivity contribution in [3.63, 3.8) is 0 Å². The molecule has 0 unspecified atom stereocenters. The molecule has 4 amide bonds. The average molecular weight is 782 g/mol. The molecule has 2 heterocycles. The van der Waals surface area contributed by atoms with Gasteiger partial charge in [0.25, 0.3) is 5.91 Å². The molecule has 55 heavy (non-hydrogen) atoms. The zero-order valence-corrected chi connectivity index (χ0v) is 31.8. The number of nitrogens with zero attached hydrogens (tertiary/aromatic N) is 2. The number of alkyl halides is 2. The van der Waals surface area contributed by atoms with Gasteiger partial charge in [0.15, 0.2) is 0 Å². The minimum absolute atomic E-state index is 0.0623. The van der Waals surface area contributed by atoms with Crippen LogP contribution in [-0.2, 0) is 34.0 Å². The number of hydrogen-bond acceptors (Lipinski definition) is 9. The van der Waals surface area contributed by atoms with Crippen LogP contribution in [0.25, 0.3) is 17.2 Å². The molecule has 2 saturated carbocycles. The van der Waals surface area contributed by atoms with Crippen LogP contribution in [0.15, 0.2) is 53.7 Å². The molecule has 6 atom stereocenters. The average Bonchev–Trinajstić information content (AvgIpc) is 4.04. The molecule has 5 aliphatic rings. The summed E-state index contributed by atoms with van der Waals surface area (Å²) < 4.78 is 60.9. The minimum atomic E-state index is -4.13. The number of rotatable bonds is 6. The minimum Gasteiger partial charge on any atom is -0.449 e. The second-order valence-corrected chi connectivity index (χ2v) is 18.3. The molecule has 3 N–H and O–H groups in total. The van der Waals surface area contributed by atoms with E-state index in [0.29, 0.717) is 25.0 Å². The molecule has 2 aromatic carbocycles. The molecule has 294 valence electrons. The van der Waals surface area contributed by atoms with E-state index in [4.69, 9.17) is 9.57 Å². The number of oxime groups is 1. The van der Waals surface area contributed by atoms with E-state index in [1.807, 2.05) is 66.3 Å². The number of fused-ring (bicyclic) bond motifs is 6. The van der Waals surface area contributed by atoms with Crippen LogP contribution in [0, 0.1) is 17.3 Å². The van der Waals surface area contributed by atoms with E-state index in [0.717, 1.165) is 27.8 Å². The van der Waals surface area contributed by atoms with Crippen LogP contribution in [0.2, 0.25) is 0 Å². The second kappa shape index (κ2) is 14.3. The fraction of sp³-hybridized carbons (Fsp3) is 0.513. The topological polar surface area (TPSA) is 173 Å². The van der Waals surface area contributed by atoms with E-state index in [1.54, 1.807) is 20.8 Å². The molecule has 2 aliphatic heterocycles. The van der Waals surface area contributed by atoms with E-state index in [2.05, 4.69) is 15.8 Å². The van der Waals surface area contributed by atoms with Crippen LogP contribution in [0.1, 0.15) is 76.5 Å². The lowest BCUT2D eigenvalue weighted by molar-refractivity contribution is -0.143. The van der Waals surface area contributed by atoms with E-state index < -0.39 is 87.0 Å². The lowest BCUT2D eigenvalue weighted by Crippen LogP contribution is -2.60. The van der Waals surface area contributed by atoms with Gasteiger partial charge in [-0.25, -0.2) is 22.0 Å². The highest BCUT2D eigenvalue weighted by atomic mass is 32.2. The summed E-state index contributed by atoms with van der Waals surface area (Å²) in [4.78, 5) is 62.5. The molecule has 0 aromatic heterocycles. The molecular formula is C39H45F2N5O8S. The molecule has 3 fully saturated rings. The van der Waals surface area contributed by atoms with Gasteiger partial charge in [-0.05, 0) is 59.8 Å². The standard InChI is InChI=1S/C39H45F2N5O8S/c1-21-8-7-9-22-12-15-26-25-10-5-6-11-27(25)31(28(26)16-22)44-54-23-17-30(46(19-23)35(48)32(38(2,3)4)42-37(50)53-20-21)34(47)43-39(18-29(39)33(40)41)36(49)45-55(51,52)24-13-14-24/h5-7,9-12,15-16,21,23-24,29-30,32-33H,8,13-14,17-20H2,1-4H3,(H,42,50)(H,43,47)(H,45,49)/b9-7+,44-31+/t21-,23-,29+,30+,32-,39+/m1/s1. The first-order valence-electron chi connectivity index (χ1n) is 18.5. The maximum Gasteiger partial charge on any atom is 0.407 e. The summed E-state index contributed by atoms with van der Waals surface area (Å²) in [5, 5.41) is 8.87. The third-order valence-electron chi connectivity index (χ3n) is 10.9. The molecule has 0 radical (unpaired) electrons. The Hall–Kier alpha value is -4.86. The number of ether oxygens (including phenoxy) is 1. The summed E-state index contributed by atoms with van der Waals surface area (Å²) >= 11 is 0. The van der Waals surface area contributed by atoms with E-state index in [-0.39, 0.29) is 25.5 Å². The number of sulfonamides is 1. The Morgan fingerprint density at radius 2 is 1.76 bits per heavy atom. The van der Waals surface area contributed by atoms with Crippen molar-refractivity contribution in [1.29, 1.82) is 0 Å². The van der Waals surface area contributed by atoms with Gasteiger partial charge in [0.2, 0.25) is 28.3 Å². The molecule has 7 rings (SSSR count). The zero-order chi connectivity index (χ0) is 39.4. The second-order valence-electron chi connectivity index (χ2n) is 16.3. The molecule has 0 spiro atoms. The van der Waals surface area contributed by atoms with Crippen LogP contribution >= 0.6 is 0 Å². The predicted molar refractivity (Wildman–Crippen MR) is 198 cm³/mol.